The molecule has 0 unspecified atom stereocenters. The van der Waals surface area contributed by atoms with Crippen LogP contribution in [-0.4, -0.2) is 31.4 Å². The molecule has 0 aromatic heterocycles. The summed E-state index contributed by atoms with van der Waals surface area (Å²) < 4.78 is 10.6. The van der Waals surface area contributed by atoms with E-state index in [0.717, 1.165) is 35.4 Å². The van der Waals surface area contributed by atoms with Crippen molar-refractivity contribution in [3.8, 4) is 6.07 Å². The summed E-state index contributed by atoms with van der Waals surface area (Å²) in [4.78, 5) is 12.3. The van der Waals surface area contributed by atoms with Crippen molar-refractivity contribution < 1.29 is 14.3 Å². The molecule has 176 valence electrons. The summed E-state index contributed by atoms with van der Waals surface area (Å²) in [6.07, 6.45) is 6.98. The first-order valence-corrected chi connectivity index (χ1v) is 12.3. The number of carbonyl (C=O) groups is 1. The summed E-state index contributed by atoms with van der Waals surface area (Å²) in [5, 5.41) is 17.0. The van der Waals surface area contributed by atoms with Crippen LogP contribution in [-0.2, 0) is 22.5 Å². The number of nitrogens with zero attached hydrogens (tertiary/aromatic N) is 3. The third kappa shape index (κ3) is 3.99. The highest BCUT2D eigenvalue weighted by Crippen LogP contribution is 2.45. The lowest BCUT2D eigenvalue weighted by Crippen LogP contribution is -2.40. The van der Waals surface area contributed by atoms with Gasteiger partial charge in [-0.05, 0) is 80.0 Å². The zero-order chi connectivity index (χ0) is 23.7. The van der Waals surface area contributed by atoms with E-state index in [1.807, 2.05) is 31.2 Å². The maximum atomic E-state index is 12.3. The van der Waals surface area contributed by atoms with Crippen molar-refractivity contribution in [1.82, 2.24) is 0 Å². The molecule has 3 aliphatic rings. The van der Waals surface area contributed by atoms with E-state index < -0.39 is 0 Å². The number of carbonyl (C=O) groups excluding carboxylic acids is 1. The van der Waals surface area contributed by atoms with Crippen LogP contribution < -0.4 is 5.01 Å². The number of nitriles is 1. The highest BCUT2D eigenvalue weighted by atomic mass is 16.5. The Bertz CT molecular complexity index is 1160. The van der Waals surface area contributed by atoms with Crippen LogP contribution in [0.2, 0.25) is 0 Å². The molecule has 0 N–H and O–H groups in total. The summed E-state index contributed by atoms with van der Waals surface area (Å²) in [5.74, 6) is 0.702. The summed E-state index contributed by atoms with van der Waals surface area (Å²) in [6.45, 7) is 2.60. The molecule has 0 radical (unpaired) electrons. The van der Waals surface area contributed by atoms with E-state index in [9.17, 15) is 10.1 Å². The van der Waals surface area contributed by atoms with Crippen molar-refractivity contribution in [2.75, 3.05) is 18.7 Å². The Balaban J connectivity index is 1.55. The maximum absolute atomic E-state index is 12.3. The molecule has 1 fully saturated rings. The summed E-state index contributed by atoms with van der Waals surface area (Å²) >= 11 is 0. The van der Waals surface area contributed by atoms with Gasteiger partial charge < -0.3 is 9.47 Å². The van der Waals surface area contributed by atoms with Gasteiger partial charge in [0.25, 0.3) is 0 Å². The number of anilines is 1. The van der Waals surface area contributed by atoms with E-state index >= 15 is 0 Å². The van der Waals surface area contributed by atoms with Crippen LogP contribution in [0.1, 0.15) is 71.6 Å². The normalized spacial score (nSPS) is 21.6. The molecule has 0 saturated heterocycles. The smallest absolute Gasteiger partial charge is 0.338 e. The van der Waals surface area contributed by atoms with Gasteiger partial charge in [0.05, 0.1) is 47.9 Å². The second-order valence-electron chi connectivity index (χ2n) is 9.49. The van der Waals surface area contributed by atoms with Gasteiger partial charge in [-0.25, -0.2) is 4.79 Å². The molecule has 2 aliphatic carbocycles. The number of fused-ring (bicyclic) bond motifs is 3. The van der Waals surface area contributed by atoms with Gasteiger partial charge in [-0.1, -0.05) is 18.9 Å². The van der Waals surface area contributed by atoms with Crippen LogP contribution in [0.5, 0.6) is 0 Å². The Kier molecular flexibility index (Phi) is 6.38. The predicted octanol–water partition coefficient (Wildman–Crippen LogP) is 5.23. The van der Waals surface area contributed by atoms with Gasteiger partial charge in [0, 0.05) is 18.6 Å². The van der Waals surface area contributed by atoms with Gasteiger partial charge in [0.2, 0.25) is 0 Å². The van der Waals surface area contributed by atoms with Gasteiger partial charge in [-0.15, -0.1) is 0 Å². The molecule has 2 aromatic rings. The lowest BCUT2D eigenvalue weighted by Gasteiger charge is -2.34. The van der Waals surface area contributed by atoms with Gasteiger partial charge in [0.1, 0.15) is 0 Å². The van der Waals surface area contributed by atoms with Crippen molar-refractivity contribution in [3.05, 3.63) is 64.2 Å². The van der Waals surface area contributed by atoms with Crippen LogP contribution >= 0.6 is 0 Å². The largest absolute Gasteiger partial charge is 0.462 e. The fourth-order valence-corrected chi connectivity index (χ4v) is 6.02. The molecular weight excluding hydrogens is 426 g/mol. The molecule has 2 aromatic carbocycles. The Labute approximate surface area is 201 Å². The molecule has 5 rings (SSSR count). The van der Waals surface area contributed by atoms with Gasteiger partial charge in [-0.3, -0.25) is 5.01 Å². The van der Waals surface area contributed by atoms with Crippen molar-refractivity contribution in [1.29, 1.82) is 5.26 Å². The van der Waals surface area contributed by atoms with Crippen molar-refractivity contribution in [3.63, 3.8) is 0 Å². The summed E-state index contributed by atoms with van der Waals surface area (Å²) in [6, 6.07) is 14.5. The van der Waals surface area contributed by atoms with E-state index in [-0.39, 0.29) is 5.97 Å². The minimum Gasteiger partial charge on any atom is -0.462 e. The molecule has 1 saturated carbocycles. The van der Waals surface area contributed by atoms with Crippen molar-refractivity contribution in [2.24, 2.45) is 16.9 Å². The first-order valence-electron chi connectivity index (χ1n) is 12.3. The van der Waals surface area contributed by atoms with Crippen LogP contribution in [0.4, 0.5) is 5.69 Å². The average Bonchev–Trinajstić information content (AvgIpc) is 3.52. The number of rotatable bonds is 6. The Morgan fingerprint density at radius 1 is 1.18 bits per heavy atom. The van der Waals surface area contributed by atoms with E-state index in [0.29, 0.717) is 42.2 Å². The zero-order valence-corrected chi connectivity index (χ0v) is 19.9. The molecule has 6 nitrogen and oxygen atoms in total. The van der Waals surface area contributed by atoms with E-state index in [1.165, 1.54) is 31.2 Å². The first-order chi connectivity index (χ1) is 16.6. The number of methoxy groups -OCH3 is 1. The number of hydrazone groups is 1. The average molecular weight is 458 g/mol. The Morgan fingerprint density at radius 2 is 2.00 bits per heavy atom. The molecule has 1 aliphatic heterocycles. The zero-order valence-electron chi connectivity index (χ0n) is 19.9. The molecule has 2 atom stereocenters. The van der Waals surface area contributed by atoms with Gasteiger partial charge in [0.15, 0.2) is 0 Å². The van der Waals surface area contributed by atoms with E-state index in [1.54, 1.807) is 7.11 Å². The van der Waals surface area contributed by atoms with Crippen molar-refractivity contribution in [2.45, 2.75) is 58.1 Å². The van der Waals surface area contributed by atoms with Gasteiger partial charge >= 0.3 is 5.97 Å². The number of benzene rings is 2. The monoisotopic (exact) mass is 457 g/mol. The lowest BCUT2D eigenvalue weighted by molar-refractivity contribution is 0.0526. The third-order valence-corrected chi connectivity index (χ3v) is 7.53. The molecular formula is C28H31N3O3. The van der Waals surface area contributed by atoms with E-state index in [4.69, 9.17) is 14.6 Å². The Hall–Kier alpha value is -3.17. The number of hydrogen-bond acceptors (Lipinski definition) is 6. The third-order valence-electron chi connectivity index (χ3n) is 7.53. The molecule has 34 heavy (non-hydrogen) atoms. The number of ether oxygens (including phenoxy) is 2. The van der Waals surface area contributed by atoms with Crippen LogP contribution in [0.25, 0.3) is 0 Å². The Morgan fingerprint density at radius 3 is 2.74 bits per heavy atom. The standard InChI is InChI=1S/C28H31N3O3/c1-3-34-28(32)20-10-12-24-19(14-20)9-13-25-26(24)30-31(27(25)18-6-4-5-7-18)23-11-8-21(16-29)22(15-23)17-33-2/h8,10-12,14-15,18,25,27H,3-7,9,13,17H2,1-2H3/t25-,27-/m0/s1. The fourth-order valence-electron chi connectivity index (χ4n) is 6.02. The maximum Gasteiger partial charge on any atom is 0.338 e. The lowest BCUT2D eigenvalue weighted by atomic mass is 9.75. The quantitative estimate of drug-likeness (QED) is 0.556. The number of esters is 1. The van der Waals surface area contributed by atoms with Crippen LogP contribution in [0, 0.1) is 23.2 Å². The van der Waals surface area contributed by atoms with Crippen LogP contribution in [0.3, 0.4) is 0 Å². The molecule has 0 amide bonds. The summed E-state index contributed by atoms with van der Waals surface area (Å²) in [5.41, 5.74) is 6.62. The van der Waals surface area contributed by atoms with Gasteiger partial charge in [-0.2, -0.15) is 10.4 Å². The SMILES string of the molecule is CCOC(=O)c1ccc2c(c1)CC[C@H]1C2=NN(c2ccc(C#N)c(COC)c2)[C@H]1C1CCCC1. The highest BCUT2D eigenvalue weighted by molar-refractivity contribution is 6.07. The minimum atomic E-state index is -0.269. The molecule has 1 heterocycles. The first kappa shape index (κ1) is 22.6. The predicted molar refractivity (Wildman–Crippen MR) is 131 cm³/mol. The fraction of sp³-hybridized carbons (Fsp3) is 0.464. The summed E-state index contributed by atoms with van der Waals surface area (Å²) in [7, 11) is 1.65. The number of hydrogen-bond donors (Lipinski definition) is 0. The molecule has 6 heteroatoms. The second-order valence-corrected chi connectivity index (χ2v) is 9.49. The second kappa shape index (κ2) is 9.60. The van der Waals surface area contributed by atoms with Crippen LogP contribution in [0.15, 0.2) is 41.5 Å². The number of aryl methyl sites for hydroxylation is 1. The topological polar surface area (TPSA) is 74.9 Å². The molecule has 0 bridgehead atoms. The molecule has 0 spiro atoms. The van der Waals surface area contributed by atoms with E-state index in [2.05, 4.69) is 23.2 Å². The minimum absolute atomic E-state index is 0.269. The van der Waals surface area contributed by atoms with Crippen molar-refractivity contribution >= 4 is 17.4 Å². The highest BCUT2D eigenvalue weighted by Gasteiger charge is 2.45.